The first-order valence-electron chi connectivity index (χ1n) is 7.56. The summed E-state index contributed by atoms with van der Waals surface area (Å²) in [7, 11) is 0. The van der Waals surface area contributed by atoms with Crippen molar-refractivity contribution in [3.8, 4) is 0 Å². The van der Waals surface area contributed by atoms with E-state index in [1.54, 1.807) is 24.7 Å². The van der Waals surface area contributed by atoms with E-state index in [4.69, 9.17) is 5.73 Å². The number of nitrogens with two attached hydrogens (primary N) is 1. The van der Waals surface area contributed by atoms with Gasteiger partial charge in [-0.1, -0.05) is 11.3 Å². The van der Waals surface area contributed by atoms with Gasteiger partial charge in [-0.05, 0) is 6.07 Å². The fraction of sp³-hybridized carbons (Fsp3) is 0.357. The average molecular weight is 379 g/mol. The van der Waals surface area contributed by atoms with Crippen molar-refractivity contribution in [2.75, 3.05) is 42.1 Å². The molecule has 1 fully saturated rings. The number of nitrogens with zero attached hydrogens (tertiary/aromatic N) is 5. The normalized spacial score (nSPS) is 14.4. The van der Waals surface area contributed by atoms with Crippen LogP contribution in [-0.2, 0) is 4.79 Å². The Kier molecular flexibility index (Phi) is 5.66. The summed E-state index contributed by atoms with van der Waals surface area (Å²) < 4.78 is 0.855. The first-order chi connectivity index (χ1) is 12.1. The number of rotatable bonds is 5. The Hall–Kier alpha value is -2.40. The van der Waals surface area contributed by atoms with Crippen LogP contribution in [0.3, 0.4) is 0 Å². The van der Waals surface area contributed by atoms with Crippen LogP contribution in [0.2, 0.25) is 0 Å². The molecule has 25 heavy (non-hydrogen) atoms. The molecule has 3 N–H and O–H groups in total. The van der Waals surface area contributed by atoms with Crippen LogP contribution in [-0.4, -0.2) is 63.7 Å². The Morgan fingerprint density at radius 2 is 1.92 bits per heavy atom. The number of anilines is 2. The van der Waals surface area contributed by atoms with E-state index in [2.05, 4.69) is 25.2 Å². The SMILES string of the molecule is NC(=O)Nc1ncc(SCC(=O)N2CCN(c3ncccn3)CC2)s1. The lowest BCUT2D eigenvalue weighted by Gasteiger charge is -2.34. The second-order valence-electron chi connectivity index (χ2n) is 5.18. The highest BCUT2D eigenvalue weighted by atomic mass is 32.2. The molecule has 1 aliphatic heterocycles. The van der Waals surface area contributed by atoms with E-state index < -0.39 is 6.03 Å². The topological polar surface area (TPSA) is 117 Å². The molecule has 0 saturated carbocycles. The van der Waals surface area contributed by atoms with Crippen LogP contribution >= 0.6 is 23.1 Å². The second kappa shape index (κ2) is 8.12. The molecule has 1 aliphatic rings. The van der Waals surface area contributed by atoms with Crippen LogP contribution in [0.25, 0.3) is 0 Å². The first kappa shape index (κ1) is 17.4. The van der Waals surface area contributed by atoms with Crippen LogP contribution in [0.15, 0.2) is 28.9 Å². The minimum Gasteiger partial charge on any atom is -0.351 e. The summed E-state index contributed by atoms with van der Waals surface area (Å²) >= 11 is 2.69. The number of thioether (sulfide) groups is 1. The number of primary amides is 1. The molecular weight excluding hydrogens is 362 g/mol. The van der Waals surface area contributed by atoms with E-state index in [-0.39, 0.29) is 5.91 Å². The summed E-state index contributed by atoms with van der Waals surface area (Å²) in [6.07, 6.45) is 5.05. The maximum absolute atomic E-state index is 12.3. The number of thiazole rings is 1. The average Bonchev–Trinajstić information content (AvgIpc) is 3.07. The van der Waals surface area contributed by atoms with E-state index >= 15 is 0 Å². The Morgan fingerprint density at radius 1 is 1.20 bits per heavy atom. The maximum Gasteiger partial charge on any atom is 0.318 e. The van der Waals surface area contributed by atoms with Gasteiger partial charge in [0.2, 0.25) is 11.9 Å². The number of hydrogen-bond donors (Lipinski definition) is 2. The lowest BCUT2D eigenvalue weighted by atomic mass is 10.3. The smallest absolute Gasteiger partial charge is 0.318 e. The van der Waals surface area contributed by atoms with Gasteiger partial charge in [0.25, 0.3) is 0 Å². The number of urea groups is 1. The van der Waals surface area contributed by atoms with E-state index in [1.165, 1.54) is 23.1 Å². The summed E-state index contributed by atoms with van der Waals surface area (Å²) in [5.41, 5.74) is 5.04. The summed E-state index contributed by atoms with van der Waals surface area (Å²) in [6, 6.07) is 1.13. The lowest BCUT2D eigenvalue weighted by Crippen LogP contribution is -2.49. The minimum absolute atomic E-state index is 0.0800. The molecule has 9 nitrogen and oxygen atoms in total. The number of carbonyl (C=O) groups is 2. The quantitative estimate of drug-likeness (QED) is 0.740. The van der Waals surface area contributed by atoms with E-state index in [9.17, 15) is 9.59 Å². The molecule has 2 aromatic rings. The summed E-state index contributed by atoms with van der Waals surface area (Å²) in [5.74, 6) is 1.11. The number of hydrogen-bond acceptors (Lipinski definition) is 8. The molecule has 0 bridgehead atoms. The van der Waals surface area contributed by atoms with E-state index in [0.29, 0.717) is 43.0 Å². The third kappa shape index (κ3) is 4.79. The van der Waals surface area contributed by atoms with Gasteiger partial charge in [0.15, 0.2) is 5.13 Å². The van der Waals surface area contributed by atoms with Crippen molar-refractivity contribution >= 4 is 46.1 Å². The fourth-order valence-electron chi connectivity index (χ4n) is 2.32. The van der Waals surface area contributed by atoms with Gasteiger partial charge in [-0.15, -0.1) is 11.8 Å². The largest absolute Gasteiger partial charge is 0.351 e. The van der Waals surface area contributed by atoms with Crippen LogP contribution in [0.5, 0.6) is 0 Å². The van der Waals surface area contributed by atoms with Crippen LogP contribution in [0.1, 0.15) is 0 Å². The van der Waals surface area contributed by atoms with Gasteiger partial charge in [-0.25, -0.2) is 19.7 Å². The second-order valence-corrected chi connectivity index (χ2v) is 7.49. The zero-order chi connectivity index (χ0) is 17.6. The van der Waals surface area contributed by atoms with Gasteiger partial charge in [-0.2, -0.15) is 0 Å². The van der Waals surface area contributed by atoms with E-state index in [0.717, 1.165) is 4.21 Å². The monoisotopic (exact) mass is 379 g/mol. The standard InChI is InChI=1S/C14H17N7O2S2/c15-12(23)19-14-18-8-11(25-14)24-9-10(22)20-4-6-21(7-5-20)13-16-2-1-3-17-13/h1-3,8H,4-7,9H2,(H3,15,18,19,23). The van der Waals surface area contributed by atoms with Crippen molar-refractivity contribution < 1.29 is 9.59 Å². The number of aromatic nitrogens is 3. The van der Waals surface area contributed by atoms with E-state index in [1.807, 2.05) is 4.90 Å². The summed E-state index contributed by atoms with van der Waals surface area (Å²) in [6.45, 7) is 2.73. The Balaban J connectivity index is 1.45. The van der Waals surface area contributed by atoms with Gasteiger partial charge in [0.05, 0.1) is 16.2 Å². The zero-order valence-corrected chi connectivity index (χ0v) is 14.9. The van der Waals surface area contributed by atoms with Gasteiger partial charge in [0, 0.05) is 38.6 Å². The molecule has 2 aromatic heterocycles. The lowest BCUT2D eigenvalue weighted by molar-refractivity contribution is -0.128. The molecule has 3 amide bonds. The van der Waals surface area contributed by atoms with Crippen molar-refractivity contribution in [2.24, 2.45) is 5.73 Å². The molecule has 0 aromatic carbocycles. The minimum atomic E-state index is -0.651. The van der Waals surface area contributed by atoms with Crippen LogP contribution in [0, 0.1) is 0 Å². The first-order valence-corrected chi connectivity index (χ1v) is 9.37. The van der Waals surface area contributed by atoms with Crippen molar-refractivity contribution in [1.29, 1.82) is 0 Å². The number of nitrogens with one attached hydrogen (secondary N) is 1. The van der Waals surface area contributed by atoms with Crippen molar-refractivity contribution in [2.45, 2.75) is 4.21 Å². The van der Waals surface area contributed by atoms with Crippen molar-refractivity contribution in [1.82, 2.24) is 19.9 Å². The Labute approximate surface area is 152 Å². The fourth-order valence-corrected chi connectivity index (χ4v) is 4.10. The Morgan fingerprint density at radius 3 is 2.60 bits per heavy atom. The predicted molar refractivity (Wildman–Crippen MR) is 96.9 cm³/mol. The number of amides is 3. The number of carbonyl (C=O) groups excluding carboxylic acids is 2. The molecule has 11 heteroatoms. The van der Waals surface area contributed by atoms with Gasteiger partial charge in [0.1, 0.15) is 0 Å². The van der Waals surface area contributed by atoms with Gasteiger partial charge in [-0.3, -0.25) is 10.1 Å². The molecule has 1 saturated heterocycles. The highest BCUT2D eigenvalue weighted by Gasteiger charge is 2.22. The molecule has 3 rings (SSSR count). The van der Waals surface area contributed by atoms with Crippen molar-refractivity contribution in [3.63, 3.8) is 0 Å². The van der Waals surface area contributed by atoms with Gasteiger partial charge >= 0.3 is 6.03 Å². The van der Waals surface area contributed by atoms with Gasteiger partial charge < -0.3 is 15.5 Å². The predicted octanol–water partition coefficient (Wildman–Crippen LogP) is 0.865. The van der Waals surface area contributed by atoms with Crippen LogP contribution in [0.4, 0.5) is 15.9 Å². The third-order valence-electron chi connectivity index (χ3n) is 3.52. The van der Waals surface area contributed by atoms with Crippen molar-refractivity contribution in [3.05, 3.63) is 24.7 Å². The highest BCUT2D eigenvalue weighted by Crippen LogP contribution is 2.28. The molecule has 0 unspecified atom stereocenters. The van der Waals surface area contributed by atoms with Crippen LogP contribution < -0.4 is 16.0 Å². The maximum atomic E-state index is 12.3. The summed E-state index contributed by atoms with van der Waals surface area (Å²) in [4.78, 5) is 39.5. The molecule has 0 atom stereocenters. The molecule has 0 radical (unpaired) electrons. The molecule has 0 spiro atoms. The number of piperazine rings is 1. The molecular formula is C14H17N7O2S2. The molecule has 0 aliphatic carbocycles. The highest BCUT2D eigenvalue weighted by molar-refractivity contribution is 8.01. The molecule has 3 heterocycles. The Bertz CT molecular complexity index is 732. The molecule has 132 valence electrons. The summed E-state index contributed by atoms with van der Waals surface area (Å²) in [5, 5.41) is 2.85. The zero-order valence-electron chi connectivity index (χ0n) is 13.3. The third-order valence-corrected chi connectivity index (χ3v) is 5.61.